The largest absolute Gasteiger partial charge is 0.356 e. The summed E-state index contributed by atoms with van der Waals surface area (Å²) in [7, 11) is -3.09. The number of aryl methyl sites for hydroxylation is 1. The highest BCUT2D eigenvalue weighted by atomic mass is 32.2. The highest BCUT2D eigenvalue weighted by Crippen LogP contribution is 2.06. The predicted octanol–water partition coefficient (Wildman–Crippen LogP) is 1.70. The first-order chi connectivity index (χ1) is 9.37. The third kappa shape index (κ3) is 7.89. The summed E-state index contributed by atoms with van der Waals surface area (Å²) in [5, 5.41) is 2.69. The first kappa shape index (κ1) is 16.6. The van der Waals surface area contributed by atoms with Crippen molar-refractivity contribution < 1.29 is 17.6 Å². The molecule has 1 aromatic carbocycles. The molecule has 0 aromatic heterocycles. The maximum atomic E-state index is 12.7. The average molecular weight is 301 g/mol. The summed E-state index contributed by atoms with van der Waals surface area (Å²) in [5.74, 6) is -0.599. The number of hydrogen-bond donors (Lipinski definition) is 1. The molecule has 0 spiro atoms. The number of carbonyl (C=O) groups is 1. The molecule has 1 rings (SSSR count). The van der Waals surface area contributed by atoms with Crippen LogP contribution in [0.5, 0.6) is 0 Å². The van der Waals surface area contributed by atoms with Crippen LogP contribution in [0.3, 0.4) is 0 Å². The monoisotopic (exact) mass is 301 g/mol. The van der Waals surface area contributed by atoms with Gasteiger partial charge in [0, 0.05) is 19.2 Å². The van der Waals surface area contributed by atoms with Gasteiger partial charge < -0.3 is 5.32 Å². The summed E-state index contributed by atoms with van der Waals surface area (Å²) in [6, 6.07) is 6.37. The van der Waals surface area contributed by atoms with E-state index in [2.05, 4.69) is 5.32 Å². The highest BCUT2D eigenvalue weighted by molar-refractivity contribution is 7.90. The Morgan fingerprint density at radius 3 is 2.45 bits per heavy atom. The van der Waals surface area contributed by atoms with Crippen LogP contribution in [0, 0.1) is 5.82 Å². The quantitative estimate of drug-likeness (QED) is 0.743. The molecule has 1 aromatic rings. The van der Waals surface area contributed by atoms with Crippen LogP contribution in [0.15, 0.2) is 24.3 Å². The summed E-state index contributed by atoms with van der Waals surface area (Å²) in [6.07, 6.45) is 3.65. The Kier molecular flexibility index (Phi) is 6.64. The van der Waals surface area contributed by atoms with Gasteiger partial charge in [0.1, 0.15) is 15.7 Å². The second kappa shape index (κ2) is 7.99. The van der Waals surface area contributed by atoms with Crippen molar-refractivity contribution in [2.45, 2.75) is 25.7 Å². The lowest BCUT2D eigenvalue weighted by molar-refractivity contribution is -0.120. The molecule has 1 N–H and O–H groups in total. The van der Waals surface area contributed by atoms with Crippen molar-refractivity contribution in [3.05, 3.63) is 35.6 Å². The van der Waals surface area contributed by atoms with Gasteiger partial charge in [-0.15, -0.1) is 0 Å². The van der Waals surface area contributed by atoms with Gasteiger partial charge in [-0.2, -0.15) is 0 Å². The van der Waals surface area contributed by atoms with Crippen LogP contribution in [0.25, 0.3) is 0 Å². The Bertz CT molecular complexity index is 526. The summed E-state index contributed by atoms with van der Waals surface area (Å²) in [5.41, 5.74) is 1.06. The molecule has 20 heavy (non-hydrogen) atoms. The molecule has 4 nitrogen and oxygen atoms in total. The van der Waals surface area contributed by atoms with Crippen LogP contribution in [0.2, 0.25) is 0 Å². The van der Waals surface area contributed by atoms with Crippen molar-refractivity contribution in [3.8, 4) is 0 Å². The van der Waals surface area contributed by atoms with E-state index in [4.69, 9.17) is 0 Å². The van der Waals surface area contributed by atoms with Crippen LogP contribution in [-0.4, -0.2) is 32.9 Å². The molecule has 1 amide bonds. The SMILES string of the molecule is CS(=O)(=O)CCC(=O)NCCCCc1ccc(F)cc1. The van der Waals surface area contributed by atoms with E-state index in [-0.39, 0.29) is 23.9 Å². The van der Waals surface area contributed by atoms with E-state index < -0.39 is 9.84 Å². The molecular formula is C14H20FNO3S. The van der Waals surface area contributed by atoms with Crippen LogP contribution < -0.4 is 5.32 Å². The van der Waals surface area contributed by atoms with E-state index >= 15 is 0 Å². The number of sulfone groups is 1. The van der Waals surface area contributed by atoms with Gasteiger partial charge in [-0.3, -0.25) is 4.79 Å². The maximum absolute atomic E-state index is 12.7. The molecule has 0 saturated heterocycles. The smallest absolute Gasteiger partial charge is 0.221 e. The third-order valence-electron chi connectivity index (χ3n) is 2.83. The number of nitrogens with one attached hydrogen (secondary N) is 1. The number of amides is 1. The topological polar surface area (TPSA) is 63.2 Å². The zero-order chi connectivity index (χ0) is 15.0. The van der Waals surface area contributed by atoms with Crippen molar-refractivity contribution in [3.63, 3.8) is 0 Å². The Hall–Kier alpha value is -1.43. The Labute approximate surface area is 119 Å². The van der Waals surface area contributed by atoms with Gasteiger partial charge in [0.05, 0.1) is 5.75 Å². The summed E-state index contributed by atoms with van der Waals surface area (Å²) >= 11 is 0. The lowest BCUT2D eigenvalue weighted by Gasteiger charge is -2.05. The molecule has 0 radical (unpaired) electrons. The molecule has 0 aliphatic heterocycles. The highest BCUT2D eigenvalue weighted by Gasteiger charge is 2.07. The second-order valence-electron chi connectivity index (χ2n) is 4.81. The zero-order valence-corrected chi connectivity index (χ0v) is 12.4. The average Bonchev–Trinajstić information content (AvgIpc) is 2.37. The Morgan fingerprint density at radius 2 is 1.85 bits per heavy atom. The molecule has 0 saturated carbocycles. The Morgan fingerprint density at radius 1 is 1.20 bits per heavy atom. The molecular weight excluding hydrogens is 281 g/mol. The zero-order valence-electron chi connectivity index (χ0n) is 11.6. The van der Waals surface area contributed by atoms with Crippen LogP contribution in [0.4, 0.5) is 4.39 Å². The van der Waals surface area contributed by atoms with Crippen molar-refractivity contribution in [1.29, 1.82) is 0 Å². The van der Waals surface area contributed by atoms with Crippen molar-refractivity contribution in [2.24, 2.45) is 0 Å². The van der Waals surface area contributed by atoms with E-state index in [1.807, 2.05) is 0 Å². The van der Waals surface area contributed by atoms with Gasteiger partial charge in [-0.1, -0.05) is 12.1 Å². The molecule has 0 heterocycles. The number of benzene rings is 1. The number of carbonyl (C=O) groups excluding carboxylic acids is 1. The van der Waals surface area contributed by atoms with Crippen molar-refractivity contribution in [1.82, 2.24) is 5.32 Å². The van der Waals surface area contributed by atoms with Crippen LogP contribution in [-0.2, 0) is 21.1 Å². The maximum Gasteiger partial charge on any atom is 0.221 e. The van der Waals surface area contributed by atoms with E-state index in [1.54, 1.807) is 12.1 Å². The molecule has 0 unspecified atom stereocenters. The van der Waals surface area contributed by atoms with Gasteiger partial charge in [-0.25, -0.2) is 12.8 Å². The molecule has 0 fully saturated rings. The standard InChI is InChI=1S/C14H20FNO3S/c1-20(18,19)11-9-14(17)16-10-3-2-4-12-5-7-13(15)8-6-12/h5-8H,2-4,9-11H2,1H3,(H,16,17). The van der Waals surface area contributed by atoms with Crippen LogP contribution >= 0.6 is 0 Å². The lowest BCUT2D eigenvalue weighted by atomic mass is 10.1. The first-order valence-electron chi connectivity index (χ1n) is 6.56. The summed E-state index contributed by atoms with van der Waals surface area (Å²) in [4.78, 5) is 11.3. The first-order valence-corrected chi connectivity index (χ1v) is 8.62. The summed E-state index contributed by atoms with van der Waals surface area (Å²) in [6.45, 7) is 0.532. The molecule has 0 bridgehead atoms. The van der Waals surface area contributed by atoms with E-state index in [0.717, 1.165) is 31.1 Å². The lowest BCUT2D eigenvalue weighted by Crippen LogP contribution is -2.26. The fraction of sp³-hybridized carbons (Fsp3) is 0.500. The number of hydrogen-bond acceptors (Lipinski definition) is 3. The van der Waals surface area contributed by atoms with Gasteiger partial charge in [0.25, 0.3) is 0 Å². The van der Waals surface area contributed by atoms with E-state index in [0.29, 0.717) is 6.54 Å². The van der Waals surface area contributed by atoms with E-state index in [9.17, 15) is 17.6 Å². The predicted molar refractivity (Wildman–Crippen MR) is 76.7 cm³/mol. The molecule has 0 aliphatic carbocycles. The third-order valence-corrected chi connectivity index (χ3v) is 3.77. The minimum absolute atomic E-state index is 0.0107. The minimum Gasteiger partial charge on any atom is -0.356 e. The molecule has 6 heteroatoms. The fourth-order valence-corrected chi connectivity index (χ4v) is 2.26. The Balaban J connectivity index is 2.10. The van der Waals surface area contributed by atoms with E-state index in [1.165, 1.54) is 12.1 Å². The van der Waals surface area contributed by atoms with Crippen LogP contribution in [0.1, 0.15) is 24.8 Å². The van der Waals surface area contributed by atoms with Crippen molar-refractivity contribution in [2.75, 3.05) is 18.6 Å². The minimum atomic E-state index is -3.09. The van der Waals surface area contributed by atoms with Gasteiger partial charge >= 0.3 is 0 Å². The number of rotatable bonds is 8. The summed E-state index contributed by atoms with van der Waals surface area (Å²) < 4.78 is 34.5. The van der Waals surface area contributed by atoms with Gasteiger partial charge in [-0.05, 0) is 37.0 Å². The number of unbranched alkanes of at least 4 members (excludes halogenated alkanes) is 1. The molecule has 112 valence electrons. The fourth-order valence-electron chi connectivity index (χ4n) is 1.70. The molecule has 0 atom stereocenters. The normalized spacial score (nSPS) is 11.3. The van der Waals surface area contributed by atoms with Gasteiger partial charge in [0.2, 0.25) is 5.91 Å². The molecule has 0 aliphatic rings. The number of halogens is 1. The van der Waals surface area contributed by atoms with Gasteiger partial charge in [0.15, 0.2) is 0 Å². The van der Waals surface area contributed by atoms with Crippen molar-refractivity contribution >= 4 is 15.7 Å². The second-order valence-corrected chi connectivity index (χ2v) is 7.07.